The summed E-state index contributed by atoms with van der Waals surface area (Å²) in [5.74, 6) is 0.163. The largest absolute Gasteiger partial charge is 0.309 e. The molecule has 2 heterocycles. The minimum absolute atomic E-state index is 0.203. The second-order valence-electron chi connectivity index (χ2n) is 6.80. The van der Waals surface area contributed by atoms with Gasteiger partial charge < -0.3 is 5.32 Å². The minimum Gasteiger partial charge on any atom is -0.309 e. The number of rotatable bonds is 5. The summed E-state index contributed by atoms with van der Waals surface area (Å²) >= 11 is 0. The zero-order valence-electron chi connectivity index (χ0n) is 15.3. The Morgan fingerprint density at radius 2 is 1.96 bits per heavy atom. The molecule has 8 heteroatoms. The van der Waals surface area contributed by atoms with Crippen LogP contribution in [-0.4, -0.2) is 24.5 Å². The molecule has 4 rings (SSSR count). The van der Waals surface area contributed by atoms with Crippen LogP contribution in [0.15, 0.2) is 59.5 Å². The van der Waals surface area contributed by atoms with E-state index < -0.39 is 15.2 Å². The lowest BCUT2D eigenvalue weighted by molar-refractivity contribution is -0.115. The third kappa shape index (κ3) is 3.44. The van der Waals surface area contributed by atoms with Crippen molar-refractivity contribution in [2.24, 2.45) is 0 Å². The van der Waals surface area contributed by atoms with E-state index in [1.54, 1.807) is 18.2 Å². The average Bonchev–Trinajstić information content (AvgIpc) is 3.26. The number of benzene rings is 2. The van der Waals surface area contributed by atoms with E-state index >= 15 is 0 Å². The molecule has 3 aromatic rings. The highest BCUT2D eigenvalue weighted by atomic mass is 32.2. The number of carbonyl (C=O) groups excluding carboxylic acids is 1. The van der Waals surface area contributed by atoms with Crippen LogP contribution in [-0.2, 0) is 27.6 Å². The number of fused-ring (bicyclic) bond motifs is 1. The highest BCUT2D eigenvalue weighted by molar-refractivity contribution is 7.91. The first-order chi connectivity index (χ1) is 13.4. The molecule has 0 aliphatic carbocycles. The standard InChI is InChI=1S/C20H20N4O3S/c1-13-6-5-9-15(10-13)28(26,27)20-18-16(12-21-20)19(24-23-18)22-17(25)11-14-7-3-2-4-8-14/h2-10,20-21H,11-12H2,1H3,(H2,22,23,24,25). The second-order valence-corrected chi connectivity index (χ2v) is 8.83. The number of aromatic nitrogens is 2. The van der Waals surface area contributed by atoms with Crippen molar-refractivity contribution in [3.05, 3.63) is 77.0 Å². The van der Waals surface area contributed by atoms with Gasteiger partial charge in [0.1, 0.15) is 0 Å². The first-order valence-electron chi connectivity index (χ1n) is 8.90. The number of anilines is 1. The maximum absolute atomic E-state index is 13.0. The van der Waals surface area contributed by atoms with Gasteiger partial charge in [-0.1, -0.05) is 42.5 Å². The van der Waals surface area contributed by atoms with Gasteiger partial charge in [0, 0.05) is 12.1 Å². The molecule has 3 N–H and O–H groups in total. The molecule has 7 nitrogen and oxygen atoms in total. The first-order valence-corrected chi connectivity index (χ1v) is 10.4. The van der Waals surface area contributed by atoms with Gasteiger partial charge in [-0.05, 0) is 30.2 Å². The highest BCUT2D eigenvalue weighted by Gasteiger charge is 2.38. The minimum atomic E-state index is -3.63. The molecule has 1 aromatic heterocycles. The number of aromatic amines is 1. The zero-order valence-corrected chi connectivity index (χ0v) is 16.1. The van der Waals surface area contributed by atoms with Gasteiger partial charge in [-0.25, -0.2) is 8.42 Å². The number of nitrogens with one attached hydrogen (secondary N) is 3. The van der Waals surface area contributed by atoms with E-state index in [0.717, 1.165) is 11.1 Å². The van der Waals surface area contributed by atoms with Crippen molar-refractivity contribution >= 4 is 21.6 Å². The highest BCUT2D eigenvalue weighted by Crippen LogP contribution is 2.35. The Morgan fingerprint density at radius 1 is 1.18 bits per heavy atom. The molecular formula is C20H20N4O3S. The lowest BCUT2D eigenvalue weighted by Crippen LogP contribution is -2.23. The molecular weight excluding hydrogens is 376 g/mol. The third-order valence-electron chi connectivity index (χ3n) is 4.72. The molecule has 28 heavy (non-hydrogen) atoms. The number of nitrogens with zero attached hydrogens (tertiary/aromatic N) is 1. The SMILES string of the molecule is Cc1cccc(S(=O)(=O)C2NCc3c(NC(=O)Cc4ccccc4)n[nH]c32)c1. The fourth-order valence-electron chi connectivity index (χ4n) is 3.33. The lowest BCUT2D eigenvalue weighted by atomic mass is 10.1. The van der Waals surface area contributed by atoms with E-state index in [9.17, 15) is 13.2 Å². The van der Waals surface area contributed by atoms with E-state index in [2.05, 4.69) is 20.8 Å². The summed E-state index contributed by atoms with van der Waals surface area (Å²) in [6, 6.07) is 16.2. The Hall–Kier alpha value is -2.97. The molecule has 1 atom stereocenters. The van der Waals surface area contributed by atoms with Crippen LogP contribution in [0.25, 0.3) is 0 Å². The maximum atomic E-state index is 13.0. The van der Waals surface area contributed by atoms with E-state index in [4.69, 9.17) is 0 Å². The summed E-state index contributed by atoms with van der Waals surface area (Å²) in [7, 11) is -3.63. The van der Waals surface area contributed by atoms with Gasteiger partial charge in [0.2, 0.25) is 5.91 Å². The van der Waals surface area contributed by atoms with Gasteiger partial charge in [0.15, 0.2) is 21.0 Å². The zero-order chi connectivity index (χ0) is 19.7. The topological polar surface area (TPSA) is 104 Å². The van der Waals surface area contributed by atoms with Gasteiger partial charge in [0.25, 0.3) is 0 Å². The van der Waals surface area contributed by atoms with E-state index in [1.807, 2.05) is 43.3 Å². The molecule has 0 spiro atoms. The number of carbonyl (C=O) groups is 1. The molecule has 0 saturated carbocycles. The fourth-order valence-corrected chi connectivity index (χ4v) is 5.02. The van der Waals surface area contributed by atoms with Crippen LogP contribution in [0.5, 0.6) is 0 Å². The van der Waals surface area contributed by atoms with Crippen molar-refractivity contribution in [3.8, 4) is 0 Å². The lowest BCUT2D eigenvalue weighted by Gasteiger charge is -2.12. The normalized spacial score (nSPS) is 16.0. The van der Waals surface area contributed by atoms with Crippen molar-refractivity contribution in [2.45, 2.75) is 30.2 Å². The summed E-state index contributed by atoms with van der Waals surface area (Å²) in [5.41, 5.74) is 2.90. The molecule has 0 bridgehead atoms. The third-order valence-corrected chi connectivity index (χ3v) is 6.65. The quantitative estimate of drug-likeness (QED) is 0.615. The van der Waals surface area contributed by atoms with Crippen molar-refractivity contribution in [1.29, 1.82) is 0 Å². The number of hydrogen-bond acceptors (Lipinski definition) is 5. The van der Waals surface area contributed by atoms with Crippen LogP contribution in [0.1, 0.15) is 27.8 Å². The smallest absolute Gasteiger partial charge is 0.230 e. The predicted octanol–water partition coefficient (Wildman–Crippen LogP) is 2.48. The van der Waals surface area contributed by atoms with Gasteiger partial charge in [-0.15, -0.1) is 0 Å². The van der Waals surface area contributed by atoms with Crippen molar-refractivity contribution in [2.75, 3.05) is 5.32 Å². The first kappa shape index (κ1) is 18.4. The van der Waals surface area contributed by atoms with Crippen LogP contribution in [0.2, 0.25) is 0 Å². The van der Waals surface area contributed by atoms with Crippen LogP contribution < -0.4 is 10.6 Å². The molecule has 2 aromatic carbocycles. The summed E-state index contributed by atoms with van der Waals surface area (Å²) < 4.78 is 26.0. The van der Waals surface area contributed by atoms with Crippen LogP contribution >= 0.6 is 0 Å². The number of sulfone groups is 1. The Labute approximate surface area is 163 Å². The maximum Gasteiger partial charge on any atom is 0.230 e. The van der Waals surface area contributed by atoms with Crippen LogP contribution in [0.3, 0.4) is 0 Å². The van der Waals surface area contributed by atoms with Crippen molar-refractivity contribution in [1.82, 2.24) is 15.5 Å². The van der Waals surface area contributed by atoms with Crippen LogP contribution in [0.4, 0.5) is 5.82 Å². The Morgan fingerprint density at radius 3 is 2.71 bits per heavy atom. The van der Waals surface area contributed by atoms with E-state index in [1.165, 1.54) is 0 Å². The number of amides is 1. The van der Waals surface area contributed by atoms with Crippen LogP contribution in [0, 0.1) is 6.92 Å². The summed E-state index contributed by atoms with van der Waals surface area (Å²) in [5, 5.41) is 11.8. The van der Waals surface area contributed by atoms with Crippen molar-refractivity contribution in [3.63, 3.8) is 0 Å². The summed E-state index contributed by atoms with van der Waals surface area (Å²) in [4.78, 5) is 12.6. The van der Waals surface area contributed by atoms with E-state index in [0.29, 0.717) is 23.6 Å². The van der Waals surface area contributed by atoms with Gasteiger partial charge >= 0.3 is 0 Å². The van der Waals surface area contributed by atoms with Gasteiger partial charge in [-0.3, -0.25) is 15.2 Å². The number of hydrogen-bond donors (Lipinski definition) is 3. The Bertz CT molecular complexity index is 1120. The van der Waals surface area contributed by atoms with Crippen molar-refractivity contribution < 1.29 is 13.2 Å². The second kappa shape index (κ2) is 7.21. The predicted molar refractivity (Wildman–Crippen MR) is 105 cm³/mol. The summed E-state index contributed by atoms with van der Waals surface area (Å²) in [6.07, 6.45) is 0.223. The number of aryl methyl sites for hydroxylation is 1. The molecule has 0 radical (unpaired) electrons. The molecule has 1 aliphatic rings. The molecule has 0 saturated heterocycles. The number of H-pyrrole nitrogens is 1. The molecule has 1 aliphatic heterocycles. The fraction of sp³-hybridized carbons (Fsp3) is 0.200. The van der Waals surface area contributed by atoms with Gasteiger partial charge in [-0.2, -0.15) is 5.10 Å². The molecule has 0 fully saturated rings. The Balaban J connectivity index is 1.55. The van der Waals surface area contributed by atoms with E-state index in [-0.39, 0.29) is 17.2 Å². The molecule has 1 amide bonds. The monoisotopic (exact) mass is 396 g/mol. The molecule has 1 unspecified atom stereocenters. The Kier molecular flexibility index (Phi) is 4.74. The average molecular weight is 396 g/mol. The van der Waals surface area contributed by atoms with Gasteiger partial charge in [0.05, 0.1) is 17.0 Å². The summed E-state index contributed by atoms with van der Waals surface area (Å²) in [6.45, 7) is 2.16. The molecule has 144 valence electrons.